The minimum Gasteiger partial charge on any atom is -0.393 e. The second-order valence-electron chi connectivity index (χ2n) is 10.2. The summed E-state index contributed by atoms with van der Waals surface area (Å²) in [5.74, 6) is 3.24. The minimum atomic E-state index is -0.0619. The van der Waals surface area contributed by atoms with Crippen LogP contribution in [0.1, 0.15) is 96.3 Å². The van der Waals surface area contributed by atoms with Crippen LogP contribution in [-0.2, 0) is 4.74 Å². The lowest BCUT2D eigenvalue weighted by atomic mass is 9.46. The van der Waals surface area contributed by atoms with E-state index in [1.807, 2.05) is 0 Å². The molecule has 1 aliphatic heterocycles. The van der Waals surface area contributed by atoms with E-state index in [-0.39, 0.29) is 12.2 Å². The Hall–Kier alpha value is -0.120. The van der Waals surface area contributed by atoms with Crippen LogP contribution in [-0.4, -0.2) is 35.6 Å². The molecule has 0 amide bonds. The maximum Gasteiger partial charge on any atom is 0.0540 e. The van der Waals surface area contributed by atoms with E-state index in [2.05, 4.69) is 0 Å². The first-order chi connectivity index (χ1) is 13.2. The Bertz CT molecular complexity index is 395. The smallest absolute Gasteiger partial charge is 0.0540 e. The van der Waals surface area contributed by atoms with Gasteiger partial charge in [0.1, 0.15) is 0 Å². The SMILES string of the molecule is OC1CCC(C(C2CCCCC2)(C2CCOCC2)C2CCC(O)CC2)CC1. The molecule has 27 heavy (non-hydrogen) atoms. The Balaban J connectivity index is 1.69. The van der Waals surface area contributed by atoms with E-state index in [1.54, 1.807) is 0 Å². The van der Waals surface area contributed by atoms with Gasteiger partial charge in [-0.05, 0) is 106 Å². The molecule has 4 rings (SSSR count). The summed E-state index contributed by atoms with van der Waals surface area (Å²) in [5, 5.41) is 20.4. The Morgan fingerprint density at radius 2 is 0.889 bits per heavy atom. The van der Waals surface area contributed by atoms with Gasteiger partial charge in [0.25, 0.3) is 0 Å². The van der Waals surface area contributed by atoms with Crippen LogP contribution in [0.4, 0.5) is 0 Å². The topological polar surface area (TPSA) is 49.7 Å². The average Bonchev–Trinajstić information content (AvgIpc) is 2.73. The van der Waals surface area contributed by atoms with Crippen LogP contribution in [0, 0.1) is 29.1 Å². The maximum atomic E-state index is 10.2. The predicted molar refractivity (Wildman–Crippen MR) is 108 cm³/mol. The van der Waals surface area contributed by atoms with Crippen molar-refractivity contribution in [1.29, 1.82) is 0 Å². The van der Waals surface area contributed by atoms with Crippen LogP contribution in [0.25, 0.3) is 0 Å². The lowest BCUT2D eigenvalue weighted by molar-refractivity contribution is -0.135. The van der Waals surface area contributed by atoms with Gasteiger partial charge in [-0.3, -0.25) is 0 Å². The molecule has 156 valence electrons. The molecular weight excluding hydrogens is 336 g/mol. The van der Waals surface area contributed by atoms with Crippen molar-refractivity contribution in [3.8, 4) is 0 Å². The van der Waals surface area contributed by atoms with Gasteiger partial charge in [-0.2, -0.15) is 0 Å². The monoisotopic (exact) mass is 378 g/mol. The van der Waals surface area contributed by atoms with Crippen molar-refractivity contribution in [2.45, 2.75) is 109 Å². The molecule has 3 aliphatic carbocycles. The van der Waals surface area contributed by atoms with E-state index < -0.39 is 0 Å². The molecular formula is C24H42O3. The first-order valence-electron chi connectivity index (χ1n) is 12.1. The van der Waals surface area contributed by atoms with Gasteiger partial charge >= 0.3 is 0 Å². The highest BCUT2D eigenvalue weighted by Crippen LogP contribution is 2.62. The number of aliphatic hydroxyl groups is 2. The molecule has 0 unspecified atom stereocenters. The van der Waals surface area contributed by atoms with Gasteiger partial charge in [-0.15, -0.1) is 0 Å². The maximum absolute atomic E-state index is 10.2. The Morgan fingerprint density at radius 3 is 1.37 bits per heavy atom. The highest BCUT2D eigenvalue weighted by atomic mass is 16.5. The van der Waals surface area contributed by atoms with Crippen LogP contribution in [0.15, 0.2) is 0 Å². The third-order valence-electron chi connectivity index (χ3n) is 9.05. The van der Waals surface area contributed by atoms with Crippen molar-refractivity contribution in [3.05, 3.63) is 0 Å². The van der Waals surface area contributed by atoms with Crippen molar-refractivity contribution < 1.29 is 14.9 Å². The van der Waals surface area contributed by atoms with E-state index in [9.17, 15) is 10.2 Å². The molecule has 4 aliphatic rings. The zero-order valence-corrected chi connectivity index (χ0v) is 17.3. The zero-order chi connectivity index (χ0) is 18.7. The van der Waals surface area contributed by atoms with Gasteiger partial charge in [0.2, 0.25) is 0 Å². The quantitative estimate of drug-likeness (QED) is 0.717. The molecule has 1 saturated heterocycles. The summed E-state index contributed by atoms with van der Waals surface area (Å²) in [5.41, 5.74) is 0.449. The van der Waals surface area contributed by atoms with Crippen LogP contribution < -0.4 is 0 Å². The number of hydrogen-bond donors (Lipinski definition) is 2. The highest BCUT2D eigenvalue weighted by molar-refractivity contribution is 5.04. The molecule has 3 saturated carbocycles. The molecule has 0 bridgehead atoms. The summed E-state index contributed by atoms with van der Waals surface area (Å²) in [4.78, 5) is 0. The van der Waals surface area contributed by atoms with Crippen molar-refractivity contribution >= 4 is 0 Å². The third kappa shape index (κ3) is 4.12. The molecule has 2 N–H and O–H groups in total. The Labute approximate surface area is 166 Å². The fourth-order valence-corrected chi connectivity index (χ4v) is 7.95. The van der Waals surface area contributed by atoms with Gasteiger partial charge in [0.15, 0.2) is 0 Å². The Kier molecular flexibility index (Phi) is 6.82. The number of rotatable bonds is 4. The summed E-state index contributed by atoms with van der Waals surface area (Å²) in [6.45, 7) is 1.90. The van der Waals surface area contributed by atoms with Gasteiger partial charge in [-0.25, -0.2) is 0 Å². The Morgan fingerprint density at radius 1 is 0.481 bits per heavy atom. The summed E-state index contributed by atoms with van der Waals surface area (Å²) >= 11 is 0. The average molecular weight is 379 g/mol. The molecule has 0 aromatic carbocycles. The van der Waals surface area contributed by atoms with E-state index in [4.69, 9.17) is 4.74 Å². The molecule has 1 heterocycles. The third-order valence-corrected chi connectivity index (χ3v) is 9.05. The molecule has 0 radical (unpaired) electrons. The van der Waals surface area contributed by atoms with E-state index in [1.165, 1.54) is 70.6 Å². The van der Waals surface area contributed by atoms with Gasteiger partial charge in [0.05, 0.1) is 12.2 Å². The summed E-state index contributed by atoms with van der Waals surface area (Å²) in [7, 11) is 0. The molecule has 0 aromatic rings. The number of ether oxygens (including phenoxy) is 1. The summed E-state index contributed by atoms with van der Waals surface area (Å²) < 4.78 is 5.81. The minimum absolute atomic E-state index is 0.0619. The fraction of sp³-hybridized carbons (Fsp3) is 1.00. The van der Waals surface area contributed by atoms with E-state index in [0.717, 1.165) is 62.6 Å². The van der Waals surface area contributed by atoms with Gasteiger partial charge in [0, 0.05) is 13.2 Å². The second kappa shape index (κ2) is 9.13. The molecule has 3 nitrogen and oxygen atoms in total. The first-order valence-corrected chi connectivity index (χ1v) is 12.1. The van der Waals surface area contributed by atoms with Crippen LogP contribution in [0.2, 0.25) is 0 Å². The first kappa shape index (κ1) is 20.2. The fourth-order valence-electron chi connectivity index (χ4n) is 7.95. The second-order valence-corrected chi connectivity index (χ2v) is 10.2. The van der Waals surface area contributed by atoms with Crippen molar-refractivity contribution in [3.63, 3.8) is 0 Å². The summed E-state index contributed by atoms with van der Waals surface area (Å²) in [6, 6.07) is 0. The predicted octanol–water partition coefficient (Wildman–Crippen LogP) is 5.08. The lowest BCUT2D eigenvalue weighted by Crippen LogP contribution is -2.54. The molecule has 4 fully saturated rings. The van der Waals surface area contributed by atoms with Gasteiger partial charge in [-0.1, -0.05) is 19.3 Å². The lowest BCUT2D eigenvalue weighted by Gasteiger charge is -2.60. The largest absolute Gasteiger partial charge is 0.393 e. The molecule has 0 aromatic heterocycles. The molecule has 0 atom stereocenters. The van der Waals surface area contributed by atoms with E-state index >= 15 is 0 Å². The molecule has 0 spiro atoms. The number of hydrogen-bond acceptors (Lipinski definition) is 3. The van der Waals surface area contributed by atoms with Gasteiger partial charge < -0.3 is 14.9 Å². The number of aliphatic hydroxyl groups excluding tert-OH is 2. The normalized spacial score (nSPS) is 39.8. The van der Waals surface area contributed by atoms with Crippen molar-refractivity contribution in [1.82, 2.24) is 0 Å². The standard InChI is InChI=1S/C24H42O3/c25-22-10-6-19(7-11-22)24(18-4-2-1-3-5-18,21-14-16-27-17-15-21)20-8-12-23(26)13-9-20/h18-23,25-26H,1-17H2. The van der Waals surface area contributed by atoms with E-state index in [0.29, 0.717) is 5.41 Å². The van der Waals surface area contributed by atoms with Crippen molar-refractivity contribution in [2.75, 3.05) is 13.2 Å². The molecule has 3 heteroatoms. The van der Waals surface area contributed by atoms with Crippen LogP contribution in [0.3, 0.4) is 0 Å². The zero-order valence-electron chi connectivity index (χ0n) is 17.3. The van der Waals surface area contributed by atoms with Crippen LogP contribution in [0.5, 0.6) is 0 Å². The van der Waals surface area contributed by atoms with Crippen molar-refractivity contribution in [2.24, 2.45) is 29.1 Å². The van der Waals surface area contributed by atoms with Crippen LogP contribution >= 0.6 is 0 Å². The highest BCUT2D eigenvalue weighted by Gasteiger charge is 2.55. The summed E-state index contributed by atoms with van der Waals surface area (Å²) in [6.07, 6.45) is 18.4.